The topological polar surface area (TPSA) is 0 Å². The monoisotopic (exact) mass is 242 g/mol. The predicted molar refractivity (Wildman–Crippen MR) is 29.1 cm³/mol. The molecule has 0 saturated carbocycles. The van der Waals surface area contributed by atoms with Crippen LogP contribution in [0, 0.1) is 0 Å². The lowest BCUT2D eigenvalue weighted by atomic mass is 10.3. The Morgan fingerprint density at radius 1 is 1.18 bits per heavy atom. The highest BCUT2D eigenvalue weighted by atomic mass is 79.9. The summed E-state index contributed by atoms with van der Waals surface area (Å²) in [7, 11) is 0. The minimum atomic E-state index is -4.81. The van der Waals surface area contributed by atoms with E-state index < -0.39 is 22.9 Å². The number of allylic oxidation sites excluding steroid dienone is 1. The second kappa shape index (κ2) is 3.46. The second-order valence-corrected chi connectivity index (χ2v) is 2.29. The Bertz CT molecular complexity index is 169. The largest absolute Gasteiger partial charge is 0.344 e. The minimum absolute atomic E-state index is 1.66. The first kappa shape index (κ1) is 10.8. The average molecular weight is 243 g/mol. The van der Waals surface area contributed by atoms with Gasteiger partial charge in [-0.3, -0.25) is 0 Å². The summed E-state index contributed by atoms with van der Waals surface area (Å²) in [5.74, 6) is -4.81. The smallest absolute Gasteiger partial charge is 0.203 e. The number of halogens is 7. The van der Waals surface area contributed by atoms with E-state index in [9.17, 15) is 26.3 Å². The third-order valence-electron chi connectivity index (χ3n) is 0.733. The first-order valence-corrected chi connectivity index (χ1v) is 2.96. The molecule has 0 aliphatic rings. The van der Waals surface area contributed by atoms with Gasteiger partial charge in [0.05, 0.1) is 0 Å². The maximum absolute atomic E-state index is 11.9. The Balaban J connectivity index is 4.70. The lowest BCUT2D eigenvalue weighted by molar-refractivity contribution is -0.0951. The van der Waals surface area contributed by atoms with Crippen molar-refractivity contribution in [3.05, 3.63) is 10.6 Å². The highest BCUT2D eigenvalue weighted by molar-refractivity contribution is 9.11. The highest BCUT2D eigenvalue weighted by Gasteiger charge is 2.46. The molecule has 0 aromatic rings. The molecular formula is C4HBrF6. The fraction of sp³-hybridized carbons (Fsp3) is 0.500. The predicted octanol–water partition coefficient (Wildman–Crippen LogP) is 3.39. The Kier molecular flexibility index (Phi) is 3.40. The van der Waals surface area contributed by atoms with Gasteiger partial charge in [0.1, 0.15) is 4.48 Å². The summed E-state index contributed by atoms with van der Waals surface area (Å²) in [5.41, 5.74) is 0. The number of rotatable bonds is 2. The lowest BCUT2D eigenvalue weighted by Gasteiger charge is -2.12. The van der Waals surface area contributed by atoms with Crippen LogP contribution in [0.2, 0.25) is 0 Å². The van der Waals surface area contributed by atoms with E-state index in [1.807, 2.05) is 0 Å². The van der Waals surface area contributed by atoms with E-state index in [0.29, 0.717) is 0 Å². The van der Waals surface area contributed by atoms with Crippen LogP contribution >= 0.6 is 15.9 Å². The van der Waals surface area contributed by atoms with Gasteiger partial charge in [-0.2, -0.15) is 17.6 Å². The maximum atomic E-state index is 11.9. The molecule has 0 fully saturated rings. The highest BCUT2D eigenvalue weighted by Crippen LogP contribution is 2.37. The molecule has 0 rings (SSSR count). The first-order chi connectivity index (χ1) is 4.80. The number of alkyl halides is 4. The molecule has 0 heterocycles. The quantitative estimate of drug-likeness (QED) is 0.652. The van der Waals surface area contributed by atoms with Crippen LogP contribution in [-0.4, -0.2) is 12.3 Å². The number of hydrogen-bond donors (Lipinski definition) is 0. The van der Waals surface area contributed by atoms with Crippen LogP contribution in [0.25, 0.3) is 0 Å². The van der Waals surface area contributed by atoms with Crippen LogP contribution in [0.15, 0.2) is 10.6 Å². The van der Waals surface area contributed by atoms with Crippen LogP contribution in [-0.2, 0) is 0 Å². The van der Waals surface area contributed by atoms with Gasteiger partial charge in [-0.25, -0.2) is 8.78 Å². The van der Waals surface area contributed by atoms with Crippen molar-refractivity contribution in [3.63, 3.8) is 0 Å². The molecule has 0 nitrogen and oxygen atoms in total. The van der Waals surface area contributed by atoms with Crippen LogP contribution in [0.1, 0.15) is 0 Å². The van der Waals surface area contributed by atoms with Gasteiger partial charge >= 0.3 is 12.3 Å². The molecule has 7 heteroatoms. The van der Waals surface area contributed by atoms with Crippen LogP contribution in [0.3, 0.4) is 0 Å². The van der Waals surface area contributed by atoms with Crippen LogP contribution in [0.5, 0.6) is 0 Å². The van der Waals surface area contributed by atoms with Gasteiger partial charge in [-0.15, -0.1) is 0 Å². The van der Waals surface area contributed by atoms with Crippen LogP contribution in [0.4, 0.5) is 26.3 Å². The molecule has 0 spiro atoms. The van der Waals surface area contributed by atoms with Crippen molar-refractivity contribution < 1.29 is 26.3 Å². The van der Waals surface area contributed by atoms with E-state index in [1.165, 1.54) is 0 Å². The molecule has 0 aliphatic heterocycles. The molecule has 0 saturated heterocycles. The van der Waals surface area contributed by atoms with Crippen molar-refractivity contribution >= 4 is 15.9 Å². The fourth-order valence-electron chi connectivity index (χ4n) is 0.222. The Labute approximate surface area is 66.0 Å². The van der Waals surface area contributed by atoms with E-state index in [-0.39, 0.29) is 0 Å². The summed E-state index contributed by atoms with van der Waals surface area (Å²) in [4.78, 5) is 0. The molecule has 11 heavy (non-hydrogen) atoms. The van der Waals surface area contributed by atoms with Gasteiger partial charge in [0.15, 0.2) is 0 Å². The summed E-state index contributed by atoms with van der Waals surface area (Å²) >= 11 is 1.66. The Hall–Kier alpha value is -0.200. The van der Waals surface area contributed by atoms with Crippen molar-refractivity contribution in [1.29, 1.82) is 0 Å². The summed E-state index contributed by atoms with van der Waals surface area (Å²) in [5, 5.41) is 0. The third-order valence-corrected chi connectivity index (χ3v) is 1.56. The SMILES string of the molecule is FC(F)=C(Br)C(F)(F)C(F)F. The van der Waals surface area contributed by atoms with Crippen molar-refractivity contribution in [3.8, 4) is 0 Å². The zero-order chi connectivity index (χ0) is 9.23. The normalized spacial score (nSPS) is 12.0. The van der Waals surface area contributed by atoms with Crippen molar-refractivity contribution in [2.24, 2.45) is 0 Å². The molecule has 0 unspecified atom stereocenters. The first-order valence-electron chi connectivity index (χ1n) is 2.17. The fourth-order valence-corrected chi connectivity index (χ4v) is 0.395. The van der Waals surface area contributed by atoms with Crippen LogP contribution < -0.4 is 0 Å². The van der Waals surface area contributed by atoms with Crippen molar-refractivity contribution in [1.82, 2.24) is 0 Å². The zero-order valence-electron chi connectivity index (χ0n) is 4.72. The molecule has 0 bridgehead atoms. The molecule has 0 N–H and O–H groups in total. The van der Waals surface area contributed by atoms with Gasteiger partial charge in [0.2, 0.25) is 0 Å². The summed E-state index contributed by atoms with van der Waals surface area (Å²) < 4.78 is 66.8. The molecular weight excluding hydrogens is 242 g/mol. The van der Waals surface area contributed by atoms with Gasteiger partial charge in [-0.05, 0) is 15.9 Å². The number of hydrogen-bond acceptors (Lipinski definition) is 0. The van der Waals surface area contributed by atoms with Gasteiger partial charge in [-0.1, -0.05) is 0 Å². The van der Waals surface area contributed by atoms with Crippen molar-refractivity contribution in [2.75, 3.05) is 0 Å². The molecule has 0 amide bonds. The average Bonchev–Trinajstić information content (AvgIpc) is 1.85. The maximum Gasteiger partial charge on any atom is 0.344 e. The zero-order valence-corrected chi connectivity index (χ0v) is 6.31. The second-order valence-electron chi connectivity index (χ2n) is 1.50. The van der Waals surface area contributed by atoms with E-state index >= 15 is 0 Å². The Morgan fingerprint density at radius 3 is 1.64 bits per heavy atom. The molecule has 0 aromatic heterocycles. The van der Waals surface area contributed by atoms with Gasteiger partial charge < -0.3 is 0 Å². The molecule has 0 aliphatic carbocycles. The van der Waals surface area contributed by atoms with E-state index in [4.69, 9.17) is 0 Å². The minimum Gasteiger partial charge on any atom is -0.203 e. The third kappa shape index (κ3) is 2.39. The summed E-state index contributed by atoms with van der Waals surface area (Å²) in [6.07, 6.45) is -6.99. The summed E-state index contributed by atoms with van der Waals surface area (Å²) in [6.45, 7) is 0. The van der Waals surface area contributed by atoms with E-state index in [1.54, 1.807) is 15.9 Å². The lowest BCUT2D eigenvalue weighted by Crippen LogP contribution is -2.26. The van der Waals surface area contributed by atoms with Crippen molar-refractivity contribution in [2.45, 2.75) is 12.3 Å². The van der Waals surface area contributed by atoms with E-state index in [2.05, 4.69) is 0 Å². The standard InChI is InChI=1S/C4HBrF6/c5-1(2(6)7)4(10,11)3(8)9/h3H. The Morgan fingerprint density at radius 2 is 1.55 bits per heavy atom. The molecule has 0 radical (unpaired) electrons. The molecule has 0 atom stereocenters. The van der Waals surface area contributed by atoms with Gasteiger partial charge in [0, 0.05) is 0 Å². The molecule has 0 aromatic carbocycles. The van der Waals surface area contributed by atoms with E-state index in [0.717, 1.165) is 0 Å². The van der Waals surface area contributed by atoms with Gasteiger partial charge in [0.25, 0.3) is 6.08 Å². The molecule has 66 valence electrons. The summed E-state index contributed by atoms with van der Waals surface area (Å²) in [6, 6.07) is 0.